The number of thioether (sulfide) groups is 1. The largest absolute Gasteiger partial charge is 0.493 e. The van der Waals surface area contributed by atoms with Crippen LogP contribution in [0.5, 0.6) is 11.5 Å². The van der Waals surface area contributed by atoms with E-state index in [2.05, 4.69) is 10.1 Å². The van der Waals surface area contributed by atoms with Crippen LogP contribution in [0.3, 0.4) is 0 Å². The van der Waals surface area contributed by atoms with Crippen molar-refractivity contribution in [3.63, 3.8) is 0 Å². The lowest BCUT2D eigenvalue weighted by Gasteiger charge is -2.12. The number of hydrogen-bond acceptors (Lipinski definition) is 4. The van der Waals surface area contributed by atoms with Gasteiger partial charge in [0.2, 0.25) is 0 Å². The van der Waals surface area contributed by atoms with Crippen LogP contribution in [0.2, 0.25) is 5.02 Å². The van der Waals surface area contributed by atoms with Crippen molar-refractivity contribution in [3.8, 4) is 11.5 Å². The molecule has 2 aromatic rings. The lowest BCUT2D eigenvalue weighted by atomic mass is 10.1. The van der Waals surface area contributed by atoms with Crippen molar-refractivity contribution in [2.75, 3.05) is 19.9 Å². The Hall–Kier alpha value is -1.99. The standard InChI is InChI=1S/C18H18ClF2NO3S/c1-24-16-9-11(3-6-15(16)25-18(20)21)7-8-22-17(23)13-10-12(26-2)4-5-14(13)19/h3-6,9-10,18H,7-8H2,1-2H3,(H,22,23). The van der Waals surface area contributed by atoms with Crippen molar-refractivity contribution in [1.82, 2.24) is 5.32 Å². The molecule has 0 aliphatic rings. The van der Waals surface area contributed by atoms with Crippen LogP contribution < -0.4 is 14.8 Å². The first-order valence-corrected chi connectivity index (χ1v) is 9.28. The van der Waals surface area contributed by atoms with Gasteiger partial charge in [-0.2, -0.15) is 8.78 Å². The van der Waals surface area contributed by atoms with Crippen LogP contribution in [-0.2, 0) is 6.42 Å². The van der Waals surface area contributed by atoms with E-state index in [4.69, 9.17) is 16.3 Å². The second kappa shape index (κ2) is 9.64. The van der Waals surface area contributed by atoms with Gasteiger partial charge >= 0.3 is 6.61 Å². The molecule has 0 saturated heterocycles. The van der Waals surface area contributed by atoms with Gasteiger partial charge in [-0.1, -0.05) is 17.7 Å². The molecule has 0 aliphatic carbocycles. The van der Waals surface area contributed by atoms with Crippen molar-refractivity contribution in [2.24, 2.45) is 0 Å². The van der Waals surface area contributed by atoms with Gasteiger partial charge in [-0.3, -0.25) is 4.79 Å². The van der Waals surface area contributed by atoms with Gasteiger partial charge in [-0.05, 0) is 48.6 Å². The van der Waals surface area contributed by atoms with Crippen LogP contribution >= 0.6 is 23.4 Å². The molecule has 4 nitrogen and oxygen atoms in total. The van der Waals surface area contributed by atoms with Crippen LogP contribution in [0.25, 0.3) is 0 Å². The third-order valence-electron chi connectivity index (χ3n) is 3.56. The van der Waals surface area contributed by atoms with Gasteiger partial charge < -0.3 is 14.8 Å². The van der Waals surface area contributed by atoms with Gasteiger partial charge in [0.15, 0.2) is 11.5 Å². The highest BCUT2D eigenvalue weighted by molar-refractivity contribution is 7.98. The Morgan fingerprint density at radius 1 is 1.23 bits per heavy atom. The fraction of sp³-hybridized carbons (Fsp3) is 0.278. The van der Waals surface area contributed by atoms with Crippen molar-refractivity contribution in [1.29, 1.82) is 0 Å². The van der Waals surface area contributed by atoms with E-state index >= 15 is 0 Å². The van der Waals surface area contributed by atoms with Crippen LogP contribution in [0.1, 0.15) is 15.9 Å². The van der Waals surface area contributed by atoms with E-state index in [0.29, 0.717) is 23.6 Å². The summed E-state index contributed by atoms with van der Waals surface area (Å²) < 4.78 is 34.1. The summed E-state index contributed by atoms with van der Waals surface area (Å²) >= 11 is 7.60. The number of nitrogens with one attached hydrogen (secondary N) is 1. The highest BCUT2D eigenvalue weighted by atomic mass is 35.5. The van der Waals surface area contributed by atoms with Crippen LogP contribution in [-0.4, -0.2) is 32.4 Å². The lowest BCUT2D eigenvalue weighted by molar-refractivity contribution is -0.0512. The molecule has 0 bridgehead atoms. The predicted molar refractivity (Wildman–Crippen MR) is 98.9 cm³/mol. The topological polar surface area (TPSA) is 47.6 Å². The Balaban J connectivity index is 1.98. The first-order chi connectivity index (χ1) is 12.4. The van der Waals surface area contributed by atoms with Gasteiger partial charge in [0.05, 0.1) is 17.7 Å². The maximum atomic E-state index is 12.3. The highest BCUT2D eigenvalue weighted by Gasteiger charge is 2.13. The Bertz CT molecular complexity index is 774. The first-order valence-electron chi connectivity index (χ1n) is 7.68. The molecule has 2 aromatic carbocycles. The van der Waals surface area contributed by atoms with Crippen molar-refractivity contribution in [3.05, 3.63) is 52.5 Å². The Morgan fingerprint density at radius 2 is 2.00 bits per heavy atom. The molecule has 0 fully saturated rings. The quantitative estimate of drug-likeness (QED) is 0.654. The van der Waals surface area contributed by atoms with Gasteiger partial charge in [0.1, 0.15) is 0 Å². The molecule has 0 heterocycles. The van der Waals surface area contributed by atoms with E-state index < -0.39 is 6.61 Å². The van der Waals surface area contributed by atoms with Crippen molar-refractivity contribution >= 4 is 29.3 Å². The van der Waals surface area contributed by atoms with Crippen LogP contribution in [0.4, 0.5) is 8.78 Å². The molecule has 0 radical (unpaired) electrons. The van der Waals surface area contributed by atoms with E-state index in [1.807, 2.05) is 12.3 Å². The summed E-state index contributed by atoms with van der Waals surface area (Å²) in [6.07, 6.45) is 2.41. The maximum absolute atomic E-state index is 12.3. The summed E-state index contributed by atoms with van der Waals surface area (Å²) in [5, 5.41) is 3.18. The molecule has 0 aromatic heterocycles. The number of alkyl halides is 2. The smallest absolute Gasteiger partial charge is 0.387 e. The number of ether oxygens (including phenoxy) is 2. The van der Waals surface area contributed by atoms with Crippen LogP contribution in [0, 0.1) is 0 Å². The minimum atomic E-state index is -2.92. The lowest BCUT2D eigenvalue weighted by Crippen LogP contribution is -2.26. The number of methoxy groups -OCH3 is 1. The molecule has 0 saturated carbocycles. The van der Waals surface area contributed by atoms with Crippen LogP contribution in [0.15, 0.2) is 41.3 Å². The average Bonchev–Trinajstić information content (AvgIpc) is 2.62. The zero-order valence-electron chi connectivity index (χ0n) is 14.2. The molecule has 8 heteroatoms. The Kier molecular flexibility index (Phi) is 7.53. The monoisotopic (exact) mass is 401 g/mol. The Labute approximate surface area is 159 Å². The molecule has 26 heavy (non-hydrogen) atoms. The SMILES string of the molecule is COc1cc(CCNC(=O)c2cc(SC)ccc2Cl)ccc1OC(F)F. The molecule has 2 rings (SSSR count). The Morgan fingerprint density at radius 3 is 2.65 bits per heavy atom. The average molecular weight is 402 g/mol. The fourth-order valence-corrected chi connectivity index (χ4v) is 2.92. The zero-order valence-corrected chi connectivity index (χ0v) is 15.8. The van der Waals surface area contributed by atoms with Gasteiger partial charge in [0.25, 0.3) is 5.91 Å². The second-order valence-electron chi connectivity index (χ2n) is 5.22. The minimum absolute atomic E-state index is 0.0315. The molecular weight excluding hydrogens is 384 g/mol. The fourth-order valence-electron chi connectivity index (χ4n) is 2.28. The summed E-state index contributed by atoms with van der Waals surface area (Å²) in [4.78, 5) is 13.2. The van der Waals surface area contributed by atoms with E-state index in [-0.39, 0.29) is 17.4 Å². The zero-order chi connectivity index (χ0) is 19.1. The predicted octanol–water partition coefficient (Wildman–Crippen LogP) is 4.64. The molecule has 0 aliphatic heterocycles. The summed E-state index contributed by atoms with van der Waals surface area (Å²) in [5.41, 5.74) is 1.23. The maximum Gasteiger partial charge on any atom is 0.387 e. The van der Waals surface area contributed by atoms with Gasteiger partial charge in [0, 0.05) is 11.4 Å². The second-order valence-corrected chi connectivity index (χ2v) is 6.50. The summed E-state index contributed by atoms with van der Waals surface area (Å²) in [5.74, 6) is -0.0868. The molecule has 140 valence electrons. The summed E-state index contributed by atoms with van der Waals surface area (Å²) in [6, 6.07) is 9.94. The molecule has 1 amide bonds. The molecular formula is C18H18ClF2NO3S. The number of carbonyl (C=O) groups excluding carboxylic acids is 1. The number of rotatable bonds is 8. The molecule has 0 spiro atoms. The minimum Gasteiger partial charge on any atom is -0.493 e. The summed E-state index contributed by atoms with van der Waals surface area (Å²) in [7, 11) is 1.37. The molecule has 1 N–H and O–H groups in total. The number of hydrogen-bond donors (Lipinski definition) is 1. The van der Waals surface area contributed by atoms with E-state index in [1.54, 1.807) is 24.3 Å². The van der Waals surface area contributed by atoms with E-state index in [1.165, 1.54) is 24.9 Å². The number of benzene rings is 2. The highest BCUT2D eigenvalue weighted by Crippen LogP contribution is 2.29. The first kappa shape index (κ1) is 20.3. The van der Waals surface area contributed by atoms with Gasteiger partial charge in [-0.25, -0.2) is 0 Å². The van der Waals surface area contributed by atoms with Crippen molar-refractivity contribution < 1.29 is 23.0 Å². The third kappa shape index (κ3) is 5.51. The summed E-state index contributed by atoms with van der Waals surface area (Å²) in [6.45, 7) is -2.56. The van der Waals surface area contributed by atoms with Gasteiger partial charge in [-0.15, -0.1) is 11.8 Å². The number of halogens is 3. The normalized spacial score (nSPS) is 10.7. The number of carbonyl (C=O) groups is 1. The van der Waals surface area contributed by atoms with E-state index in [9.17, 15) is 13.6 Å². The third-order valence-corrected chi connectivity index (χ3v) is 4.62. The van der Waals surface area contributed by atoms with E-state index in [0.717, 1.165) is 10.5 Å². The molecule has 0 unspecified atom stereocenters. The van der Waals surface area contributed by atoms with Crippen molar-refractivity contribution in [2.45, 2.75) is 17.9 Å². The number of amides is 1. The molecule has 0 atom stereocenters.